The Morgan fingerprint density at radius 1 is 1.06 bits per heavy atom. The second-order valence-corrected chi connectivity index (χ2v) is 11.8. The molecule has 1 aliphatic heterocycles. The number of phosphoric acid groups is 2. The Bertz CT molecular complexity index is 947. The van der Waals surface area contributed by atoms with Crippen molar-refractivity contribution in [3.8, 4) is 0 Å². The van der Waals surface area contributed by atoms with E-state index in [1.54, 1.807) is 0 Å². The second kappa shape index (κ2) is 15.3. The van der Waals surface area contributed by atoms with Crippen molar-refractivity contribution >= 4 is 21.5 Å². The summed E-state index contributed by atoms with van der Waals surface area (Å²) in [6.07, 6.45) is 8.92. The third kappa shape index (κ3) is 11.5. The Kier molecular flexibility index (Phi) is 13.2. The van der Waals surface area contributed by atoms with Crippen LogP contribution < -0.4 is 11.4 Å². The highest BCUT2D eigenvalue weighted by atomic mass is 31.3. The van der Waals surface area contributed by atoms with Gasteiger partial charge in [-0.15, -0.1) is 0 Å². The van der Waals surface area contributed by atoms with Crippen LogP contribution in [0.5, 0.6) is 0 Å². The molecule has 5 atom stereocenters. The number of hydrogen-bond acceptors (Lipinski definition) is 10. The van der Waals surface area contributed by atoms with E-state index in [2.05, 4.69) is 16.2 Å². The lowest BCUT2D eigenvalue weighted by molar-refractivity contribution is -0.0450. The molecule has 0 spiro atoms. The minimum Gasteiger partial charge on any atom is -0.390 e. The van der Waals surface area contributed by atoms with Gasteiger partial charge in [0.1, 0.15) is 18.1 Å². The van der Waals surface area contributed by atoms with Crippen LogP contribution in [0.2, 0.25) is 0 Å². The number of nitrogens with zero attached hydrogens (tertiary/aromatic N) is 2. The quantitative estimate of drug-likeness (QED) is 0.152. The number of aliphatic hydroxyl groups excluding tert-OH is 1. The van der Waals surface area contributed by atoms with Crippen LogP contribution in [0.4, 0.5) is 5.82 Å². The summed E-state index contributed by atoms with van der Waals surface area (Å²) in [7, 11) is -9.86. The van der Waals surface area contributed by atoms with E-state index in [9.17, 15) is 28.8 Å². The molecule has 2 unspecified atom stereocenters. The van der Waals surface area contributed by atoms with Gasteiger partial charge in [0.2, 0.25) is 0 Å². The van der Waals surface area contributed by atoms with Gasteiger partial charge in [-0.1, -0.05) is 64.7 Å². The Hall–Kier alpha value is -1.14. The first-order chi connectivity index (χ1) is 17.0. The number of anilines is 1. The van der Waals surface area contributed by atoms with Gasteiger partial charge in [-0.3, -0.25) is 13.6 Å². The highest BCUT2D eigenvalue weighted by molar-refractivity contribution is 7.61. The first-order valence-corrected chi connectivity index (χ1v) is 15.4. The zero-order chi connectivity index (χ0) is 26.6. The second-order valence-electron chi connectivity index (χ2n) is 8.80. The molecule has 2 rings (SSSR count). The Morgan fingerprint density at radius 3 is 2.25 bits per heavy atom. The standard InChI is InChI=1S/C21H39N3O10P2/c1-2-3-4-5-6-7-8-9-10-11-14-31-35(27,28)34-36(29,30)32-16-18-17(25)15-20(33-18)24-13-12-19(22)23-21(24)26/h12-13,17-18,20,25H,2-11,14-16H2,1H3,(H,27,28)(H,29,30)(H2,22,23,26)/t17-,18+,20+/m0/s1. The number of hydrogen-bond donors (Lipinski definition) is 4. The molecule has 208 valence electrons. The molecule has 0 amide bonds. The van der Waals surface area contributed by atoms with Crippen molar-refractivity contribution in [3.05, 3.63) is 22.7 Å². The highest BCUT2D eigenvalue weighted by Crippen LogP contribution is 2.60. The normalized spacial score (nSPS) is 23.4. The van der Waals surface area contributed by atoms with Gasteiger partial charge in [-0.25, -0.2) is 13.9 Å². The first kappa shape index (κ1) is 31.1. The highest BCUT2D eigenvalue weighted by Gasteiger charge is 2.40. The molecular weight excluding hydrogens is 516 g/mol. The monoisotopic (exact) mass is 555 g/mol. The maximum Gasteiger partial charge on any atom is 0.481 e. The largest absolute Gasteiger partial charge is 0.481 e. The summed E-state index contributed by atoms with van der Waals surface area (Å²) >= 11 is 0. The molecule has 0 radical (unpaired) electrons. The average Bonchev–Trinajstić information content (AvgIpc) is 3.15. The van der Waals surface area contributed by atoms with Crippen molar-refractivity contribution in [1.82, 2.24) is 9.55 Å². The van der Waals surface area contributed by atoms with Gasteiger partial charge in [0.25, 0.3) is 0 Å². The average molecular weight is 556 g/mol. The molecule has 15 heteroatoms. The summed E-state index contributed by atoms with van der Waals surface area (Å²) in [6.45, 7) is 1.44. The van der Waals surface area contributed by atoms with Gasteiger partial charge in [0.15, 0.2) is 0 Å². The maximum absolute atomic E-state index is 12.1. The number of unbranched alkanes of at least 4 members (excludes halogenated alkanes) is 9. The molecule has 0 aliphatic carbocycles. The summed E-state index contributed by atoms with van der Waals surface area (Å²) < 4.78 is 44.6. The SMILES string of the molecule is CCCCCCCCCCCCOP(=O)(O)OP(=O)(O)OC[C@H]1O[C@@H](n2ccc(N)nc2=O)C[C@@H]1O. The van der Waals surface area contributed by atoms with Crippen LogP contribution in [0.1, 0.15) is 83.8 Å². The third-order valence-corrected chi connectivity index (χ3v) is 8.36. The van der Waals surface area contributed by atoms with E-state index >= 15 is 0 Å². The van der Waals surface area contributed by atoms with Gasteiger partial charge < -0.3 is 25.4 Å². The first-order valence-electron chi connectivity index (χ1n) is 12.4. The van der Waals surface area contributed by atoms with Crippen molar-refractivity contribution in [2.24, 2.45) is 0 Å². The molecule has 1 saturated heterocycles. The van der Waals surface area contributed by atoms with Crippen LogP contribution in [0.3, 0.4) is 0 Å². The zero-order valence-corrected chi connectivity index (χ0v) is 22.4. The molecule has 1 aromatic rings. The topological polar surface area (TPSA) is 193 Å². The molecule has 36 heavy (non-hydrogen) atoms. The van der Waals surface area contributed by atoms with Gasteiger partial charge in [0, 0.05) is 12.6 Å². The van der Waals surface area contributed by atoms with Crippen LogP contribution in [-0.2, 0) is 27.2 Å². The minimum atomic E-state index is -5.01. The lowest BCUT2D eigenvalue weighted by Gasteiger charge is -2.19. The summed E-state index contributed by atoms with van der Waals surface area (Å²) in [4.78, 5) is 35.1. The Balaban J connectivity index is 1.66. The van der Waals surface area contributed by atoms with E-state index in [1.165, 1.54) is 44.4 Å². The van der Waals surface area contributed by atoms with Crippen LogP contribution in [0.15, 0.2) is 17.1 Å². The number of nitrogen functional groups attached to an aromatic ring is 1. The molecule has 0 bridgehead atoms. The van der Waals surface area contributed by atoms with Crippen molar-refractivity contribution in [2.75, 3.05) is 18.9 Å². The Labute approximate surface area is 211 Å². The molecule has 13 nitrogen and oxygen atoms in total. The van der Waals surface area contributed by atoms with E-state index in [-0.39, 0.29) is 18.8 Å². The molecule has 2 heterocycles. The van der Waals surface area contributed by atoms with E-state index in [1.807, 2.05) is 0 Å². The molecule has 1 aromatic heterocycles. The molecule has 5 N–H and O–H groups in total. The number of aliphatic hydroxyl groups is 1. The lowest BCUT2D eigenvalue weighted by Crippen LogP contribution is -2.28. The molecule has 1 aliphatic rings. The molecule has 1 fully saturated rings. The van der Waals surface area contributed by atoms with E-state index in [4.69, 9.17) is 19.5 Å². The fourth-order valence-corrected chi connectivity index (χ4v) is 5.91. The van der Waals surface area contributed by atoms with Crippen LogP contribution in [-0.4, -0.2) is 49.9 Å². The third-order valence-electron chi connectivity index (χ3n) is 5.73. The van der Waals surface area contributed by atoms with Crippen LogP contribution in [0.25, 0.3) is 0 Å². The summed E-state index contributed by atoms with van der Waals surface area (Å²) in [6, 6.07) is 1.38. The lowest BCUT2D eigenvalue weighted by atomic mass is 10.1. The van der Waals surface area contributed by atoms with Gasteiger partial charge in [-0.05, 0) is 12.5 Å². The minimum absolute atomic E-state index is 0.0173. The van der Waals surface area contributed by atoms with Crippen molar-refractivity contribution in [2.45, 2.75) is 96.0 Å². The van der Waals surface area contributed by atoms with Gasteiger partial charge in [0.05, 0.1) is 19.3 Å². The van der Waals surface area contributed by atoms with E-state index in [0.29, 0.717) is 6.42 Å². The van der Waals surface area contributed by atoms with E-state index < -0.39 is 46.4 Å². The van der Waals surface area contributed by atoms with Crippen LogP contribution >= 0.6 is 15.6 Å². The van der Waals surface area contributed by atoms with Crippen molar-refractivity contribution < 1.29 is 42.1 Å². The van der Waals surface area contributed by atoms with Crippen molar-refractivity contribution in [1.29, 1.82) is 0 Å². The summed E-state index contributed by atoms with van der Waals surface area (Å²) in [5.74, 6) is 0.0249. The maximum atomic E-state index is 12.1. The fourth-order valence-electron chi connectivity index (χ4n) is 3.80. The molecular formula is C21H39N3O10P2. The Morgan fingerprint density at radius 2 is 1.64 bits per heavy atom. The molecule has 0 saturated carbocycles. The number of nitrogens with two attached hydrogens (primary N) is 1. The van der Waals surface area contributed by atoms with Crippen LogP contribution in [0, 0.1) is 0 Å². The molecule has 0 aromatic carbocycles. The summed E-state index contributed by atoms with van der Waals surface area (Å²) in [5, 5.41) is 10.2. The zero-order valence-electron chi connectivity index (χ0n) is 20.6. The smallest absolute Gasteiger partial charge is 0.390 e. The number of phosphoric ester groups is 2. The van der Waals surface area contributed by atoms with E-state index in [0.717, 1.165) is 30.3 Å². The predicted octanol–water partition coefficient (Wildman–Crippen LogP) is 3.65. The number of rotatable bonds is 18. The van der Waals surface area contributed by atoms with Gasteiger partial charge in [-0.2, -0.15) is 9.29 Å². The van der Waals surface area contributed by atoms with Crippen molar-refractivity contribution in [3.63, 3.8) is 0 Å². The number of aromatic nitrogens is 2. The predicted molar refractivity (Wildman–Crippen MR) is 132 cm³/mol. The number of ether oxygens (including phenoxy) is 1. The summed E-state index contributed by atoms with van der Waals surface area (Å²) in [5.41, 5.74) is 4.76. The van der Waals surface area contributed by atoms with Gasteiger partial charge >= 0.3 is 21.3 Å². The fraction of sp³-hybridized carbons (Fsp3) is 0.810.